The topological polar surface area (TPSA) is 173 Å². The van der Waals surface area contributed by atoms with E-state index in [0.717, 1.165) is 13.2 Å². The van der Waals surface area contributed by atoms with Gasteiger partial charge in [-0.15, -0.1) is 0 Å². The Balaban J connectivity index is 1.80. The summed E-state index contributed by atoms with van der Waals surface area (Å²) in [7, 11) is -3.63. The van der Waals surface area contributed by atoms with Gasteiger partial charge in [-0.05, 0) is 37.0 Å². The van der Waals surface area contributed by atoms with Crippen molar-refractivity contribution in [1.82, 2.24) is 9.97 Å². The number of halogens is 3. The fraction of sp³-hybridized carbons (Fsp3) is 0.435. The minimum absolute atomic E-state index is 0.0335. The van der Waals surface area contributed by atoms with Gasteiger partial charge in [-0.25, -0.2) is 18.4 Å². The van der Waals surface area contributed by atoms with Crippen molar-refractivity contribution in [3.05, 3.63) is 42.5 Å². The number of rotatable bonds is 7. The number of aromatic nitrogens is 2. The van der Waals surface area contributed by atoms with E-state index in [1.54, 1.807) is 6.07 Å². The number of benzene rings is 1. The lowest BCUT2D eigenvalue weighted by molar-refractivity contribution is -0.159. The number of hydrogen-bond donors (Lipinski definition) is 2. The van der Waals surface area contributed by atoms with Crippen molar-refractivity contribution in [2.75, 3.05) is 7.11 Å². The summed E-state index contributed by atoms with van der Waals surface area (Å²) in [4.78, 5) is 31.0. The molecule has 0 spiro atoms. The summed E-state index contributed by atoms with van der Waals surface area (Å²) in [5, 5.41) is 18.1. The minimum atomic E-state index is -5.06. The Kier molecular flexibility index (Phi) is 6.28. The van der Waals surface area contributed by atoms with Crippen molar-refractivity contribution in [1.29, 1.82) is 5.26 Å². The van der Waals surface area contributed by atoms with Crippen molar-refractivity contribution in [2.45, 2.75) is 41.7 Å². The Bertz CT molecular complexity index is 1410. The van der Waals surface area contributed by atoms with E-state index in [2.05, 4.69) is 9.97 Å². The summed E-state index contributed by atoms with van der Waals surface area (Å²) in [6, 6.07) is 4.42. The van der Waals surface area contributed by atoms with Gasteiger partial charge in [0.2, 0.25) is 5.91 Å². The number of hydrogen-bond acceptors (Lipinski definition) is 8. The highest BCUT2D eigenvalue weighted by Gasteiger charge is 2.75. The van der Waals surface area contributed by atoms with E-state index in [1.807, 2.05) is 0 Å². The average Bonchev–Trinajstić information content (AvgIpc) is 3.48. The number of ether oxygens (including phenoxy) is 1. The van der Waals surface area contributed by atoms with Crippen LogP contribution < -0.4 is 5.73 Å². The van der Waals surface area contributed by atoms with Crippen LogP contribution in [0.4, 0.5) is 13.2 Å². The van der Waals surface area contributed by atoms with Gasteiger partial charge in [0.05, 0.1) is 27.9 Å². The van der Waals surface area contributed by atoms with Crippen molar-refractivity contribution < 1.29 is 41.0 Å². The highest BCUT2D eigenvalue weighted by atomic mass is 32.2. The number of methoxy groups -OCH3 is 1. The number of nitrogens with zero attached hydrogens (tertiary/aromatic N) is 3. The molecule has 2 aliphatic carbocycles. The first-order chi connectivity index (χ1) is 17.3. The zero-order valence-corrected chi connectivity index (χ0v) is 20.1. The molecule has 1 aromatic carbocycles. The molecule has 3 N–H and O–H groups in total. The lowest BCUT2D eigenvalue weighted by Gasteiger charge is -2.31. The molecule has 0 aliphatic heterocycles. The van der Waals surface area contributed by atoms with Crippen LogP contribution in [-0.2, 0) is 30.3 Å². The lowest BCUT2D eigenvalue weighted by Crippen LogP contribution is -2.44. The van der Waals surface area contributed by atoms with Crippen LogP contribution in [0.3, 0.4) is 0 Å². The molecular formula is C23H21F3N4O6S. The van der Waals surface area contributed by atoms with Gasteiger partial charge in [0, 0.05) is 31.0 Å². The van der Waals surface area contributed by atoms with Crippen LogP contribution in [0.1, 0.15) is 24.8 Å². The zero-order valence-electron chi connectivity index (χ0n) is 19.3. The standard InChI is InChI=1S/C23H21F3N4O6S/c1-36-18-5-14(6-22(18,20(32)33)17-7-21(17,10-27)19(28)31)37(34,35)16-3-2-12(4-15(16)23(24,25)26)13-8-29-11-30-9-13/h2-4,8-9,11,14,17-18H,5-7H2,1H3,(H2,28,31)(H,32,33)/t14-,17?,18+,21?,22+/m0/s1. The molecule has 2 saturated carbocycles. The number of carbonyl (C=O) groups is 2. The number of sulfone groups is 1. The van der Waals surface area contributed by atoms with Crippen LogP contribution >= 0.6 is 0 Å². The summed E-state index contributed by atoms with van der Waals surface area (Å²) in [5.74, 6) is -3.73. The Morgan fingerprint density at radius 3 is 2.35 bits per heavy atom. The molecule has 2 fully saturated rings. The van der Waals surface area contributed by atoms with Crippen molar-refractivity contribution in [3.63, 3.8) is 0 Å². The number of aliphatic carboxylic acids is 1. The zero-order chi connectivity index (χ0) is 27.4. The molecular weight excluding hydrogens is 517 g/mol. The second-order valence-electron chi connectivity index (χ2n) is 9.22. The summed E-state index contributed by atoms with van der Waals surface area (Å²) in [5.41, 5.74) is 0.335. The fourth-order valence-corrected chi connectivity index (χ4v) is 7.49. The number of alkyl halides is 3. The maximum Gasteiger partial charge on any atom is 0.417 e. The van der Waals surface area contributed by atoms with Crippen LogP contribution in [-0.4, -0.2) is 53.8 Å². The Morgan fingerprint density at radius 1 is 1.22 bits per heavy atom. The molecule has 2 unspecified atom stereocenters. The molecule has 2 aromatic rings. The monoisotopic (exact) mass is 538 g/mol. The first-order valence-electron chi connectivity index (χ1n) is 10.9. The van der Waals surface area contributed by atoms with Gasteiger partial charge in [-0.2, -0.15) is 18.4 Å². The molecule has 1 heterocycles. The van der Waals surface area contributed by atoms with Gasteiger partial charge >= 0.3 is 12.1 Å². The molecule has 10 nitrogen and oxygen atoms in total. The molecule has 5 atom stereocenters. The number of amides is 1. The predicted molar refractivity (Wildman–Crippen MR) is 119 cm³/mol. The van der Waals surface area contributed by atoms with Gasteiger partial charge in [0.25, 0.3) is 0 Å². The summed E-state index contributed by atoms with van der Waals surface area (Å²) >= 11 is 0. The number of carbonyl (C=O) groups excluding carboxylic acids is 1. The van der Waals surface area contributed by atoms with Crippen molar-refractivity contribution in [3.8, 4) is 17.2 Å². The molecule has 196 valence electrons. The number of nitriles is 1. The minimum Gasteiger partial charge on any atom is -0.481 e. The molecule has 1 amide bonds. The first kappa shape index (κ1) is 26.5. The van der Waals surface area contributed by atoms with Crippen molar-refractivity contribution in [2.24, 2.45) is 22.5 Å². The van der Waals surface area contributed by atoms with Gasteiger partial charge in [0.1, 0.15) is 17.2 Å². The summed E-state index contributed by atoms with van der Waals surface area (Å²) < 4.78 is 74.7. The second-order valence-corrected chi connectivity index (χ2v) is 11.4. The number of nitrogens with two attached hydrogens (primary N) is 1. The van der Waals surface area contributed by atoms with Crippen LogP contribution in [0.25, 0.3) is 11.1 Å². The van der Waals surface area contributed by atoms with Gasteiger partial charge in [-0.3, -0.25) is 9.59 Å². The average molecular weight is 539 g/mol. The lowest BCUT2D eigenvalue weighted by atomic mass is 9.75. The Labute approximate surface area is 209 Å². The second kappa shape index (κ2) is 8.77. The molecule has 4 rings (SSSR count). The molecule has 14 heteroatoms. The maximum absolute atomic E-state index is 14.1. The normalized spacial score (nSPS) is 29.4. The van der Waals surface area contributed by atoms with E-state index >= 15 is 0 Å². The molecule has 0 bridgehead atoms. The molecule has 1 aromatic heterocycles. The fourth-order valence-electron chi connectivity index (χ4n) is 5.47. The molecule has 0 saturated heterocycles. The van der Waals surface area contributed by atoms with E-state index in [1.165, 1.54) is 24.8 Å². The van der Waals surface area contributed by atoms with Crippen molar-refractivity contribution >= 4 is 21.7 Å². The van der Waals surface area contributed by atoms with Gasteiger partial charge < -0.3 is 15.6 Å². The number of carboxylic acids is 1. The SMILES string of the molecule is CO[C@@H]1C[C@H](S(=O)(=O)c2ccc(-c3cncnc3)cc2C(F)(F)F)C[C@@]1(C(=O)O)C1CC1(C#N)C(N)=O. The first-order valence-corrected chi connectivity index (χ1v) is 12.5. The van der Waals surface area contributed by atoms with E-state index in [4.69, 9.17) is 10.5 Å². The van der Waals surface area contributed by atoms with Gasteiger partial charge in [0.15, 0.2) is 9.84 Å². The summed E-state index contributed by atoms with van der Waals surface area (Å²) in [6.07, 6.45) is -3.95. The van der Waals surface area contributed by atoms with Crippen LogP contribution in [0.15, 0.2) is 41.8 Å². The van der Waals surface area contributed by atoms with E-state index in [-0.39, 0.29) is 17.5 Å². The van der Waals surface area contributed by atoms with E-state index in [9.17, 15) is 41.5 Å². The highest BCUT2D eigenvalue weighted by molar-refractivity contribution is 7.92. The number of primary amides is 1. The van der Waals surface area contributed by atoms with Crippen LogP contribution in [0, 0.1) is 28.1 Å². The number of carboxylic acid groups (broad SMARTS) is 1. The van der Waals surface area contributed by atoms with Gasteiger partial charge in [-0.1, -0.05) is 6.07 Å². The quantitative estimate of drug-likeness (QED) is 0.536. The van der Waals surface area contributed by atoms with Crippen LogP contribution in [0.5, 0.6) is 0 Å². The smallest absolute Gasteiger partial charge is 0.417 e. The van der Waals surface area contributed by atoms with Crippen LogP contribution in [0.2, 0.25) is 0 Å². The highest BCUT2D eigenvalue weighted by Crippen LogP contribution is 2.66. The third-order valence-electron chi connectivity index (χ3n) is 7.45. The molecule has 0 radical (unpaired) electrons. The third kappa shape index (κ3) is 4.02. The maximum atomic E-state index is 14.1. The molecule has 37 heavy (non-hydrogen) atoms. The van der Waals surface area contributed by atoms with E-state index < -0.39 is 79.3 Å². The Morgan fingerprint density at radius 2 is 1.86 bits per heavy atom. The Hall–Kier alpha value is -3.57. The van der Waals surface area contributed by atoms with E-state index in [0.29, 0.717) is 6.07 Å². The molecule has 2 aliphatic rings. The summed E-state index contributed by atoms with van der Waals surface area (Å²) in [6.45, 7) is 0. The predicted octanol–water partition coefficient (Wildman–Crippen LogP) is 2.20. The largest absolute Gasteiger partial charge is 0.481 e. The third-order valence-corrected chi connectivity index (χ3v) is 9.65.